The summed E-state index contributed by atoms with van der Waals surface area (Å²) in [6.45, 7) is 17.1. The van der Waals surface area contributed by atoms with Crippen LogP contribution < -0.4 is 5.32 Å². The summed E-state index contributed by atoms with van der Waals surface area (Å²) in [6, 6.07) is 5.88. The van der Waals surface area contributed by atoms with Gasteiger partial charge in [0.25, 0.3) is 0 Å². The largest absolute Gasteiger partial charge is 0.462 e. The SMILES string of the molecule is C=CN=C(C)Nc1cc(C(=C)OC(C)=CC)ccc1C=C. The summed E-state index contributed by atoms with van der Waals surface area (Å²) in [5.74, 6) is 2.16. The van der Waals surface area contributed by atoms with Crippen molar-refractivity contribution in [3.05, 3.63) is 67.1 Å². The molecule has 0 fully saturated rings. The molecule has 3 heteroatoms. The highest BCUT2D eigenvalue weighted by Gasteiger charge is 2.06. The number of nitrogens with zero attached hydrogens (tertiary/aromatic N) is 1. The highest BCUT2D eigenvalue weighted by Crippen LogP contribution is 2.25. The molecule has 1 aromatic carbocycles. The summed E-state index contributed by atoms with van der Waals surface area (Å²) in [7, 11) is 0. The average Bonchev–Trinajstić information content (AvgIpc) is 2.47. The van der Waals surface area contributed by atoms with Gasteiger partial charge in [-0.15, -0.1) is 0 Å². The van der Waals surface area contributed by atoms with Crippen molar-refractivity contribution in [2.45, 2.75) is 20.8 Å². The number of hydrogen-bond acceptors (Lipinski definition) is 2. The Morgan fingerprint density at radius 3 is 2.57 bits per heavy atom. The number of rotatable bonds is 6. The topological polar surface area (TPSA) is 33.6 Å². The number of anilines is 1. The van der Waals surface area contributed by atoms with Crippen molar-refractivity contribution in [1.29, 1.82) is 0 Å². The van der Waals surface area contributed by atoms with Crippen molar-refractivity contribution in [2.24, 2.45) is 4.99 Å². The quantitative estimate of drug-likeness (QED) is 0.441. The molecule has 0 heterocycles. The van der Waals surface area contributed by atoms with Crippen LogP contribution in [-0.4, -0.2) is 5.84 Å². The van der Waals surface area contributed by atoms with E-state index in [1.807, 2.05) is 45.0 Å². The van der Waals surface area contributed by atoms with Crippen LogP contribution in [0, 0.1) is 0 Å². The molecule has 0 saturated heterocycles. The van der Waals surface area contributed by atoms with Crippen molar-refractivity contribution >= 4 is 23.4 Å². The Kier molecular flexibility index (Phi) is 6.21. The zero-order valence-corrected chi connectivity index (χ0v) is 12.9. The molecule has 0 amide bonds. The van der Waals surface area contributed by atoms with Gasteiger partial charge in [-0.2, -0.15) is 0 Å². The number of benzene rings is 1. The van der Waals surface area contributed by atoms with E-state index < -0.39 is 0 Å². The molecule has 0 unspecified atom stereocenters. The smallest absolute Gasteiger partial charge is 0.127 e. The first-order chi connectivity index (χ1) is 10.0. The molecular weight excluding hydrogens is 260 g/mol. The van der Waals surface area contributed by atoms with Crippen molar-refractivity contribution < 1.29 is 4.74 Å². The number of amidine groups is 1. The maximum Gasteiger partial charge on any atom is 0.127 e. The summed E-state index contributed by atoms with van der Waals surface area (Å²) >= 11 is 0. The lowest BCUT2D eigenvalue weighted by Crippen LogP contribution is -2.08. The van der Waals surface area contributed by atoms with E-state index in [1.165, 1.54) is 6.20 Å². The van der Waals surface area contributed by atoms with E-state index in [1.54, 1.807) is 6.08 Å². The van der Waals surface area contributed by atoms with Crippen molar-refractivity contribution in [2.75, 3.05) is 5.32 Å². The van der Waals surface area contributed by atoms with Gasteiger partial charge in [-0.3, -0.25) is 0 Å². The van der Waals surface area contributed by atoms with Gasteiger partial charge in [-0.05, 0) is 38.5 Å². The van der Waals surface area contributed by atoms with Gasteiger partial charge >= 0.3 is 0 Å². The first-order valence-electron chi connectivity index (χ1n) is 6.70. The minimum absolute atomic E-state index is 0.600. The van der Waals surface area contributed by atoms with Crippen LogP contribution in [0.15, 0.2) is 61.0 Å². The molecule has 0 aliphatic carbocycles. The molecule has 0 aromatic heterocycles. The second-order valence-electron chi connectivity index (χ2n) is 4.45. The molecule has 0 saturated carbocycles. The Bertz CT molecular complexity index is 610. The van der Waals surface area contributed by atoms with Crippen LogP contribution in [0.5, 0.6) is 0 Å². The average molecular weight is 282 g/mol. The van der Waals surface area contributed by atoms with Gasteiger partial charge in [0.1, 0.15) is 11.6 Å². The highest BCUT2D eigenvalue weighted by molar-refractivity contribution is 5.96. The summed E-state index contributed by atoms with van der Waals surface area (Å²) in [5.41, 5.74) is 2.78. The van der Waals surface area contributed by atoms with Crippen LogP contribution in [0.1, 0.15) is 31.9 Å². The molecule has 1 rings (SSSR count). The Labute approximate surface area is 127 Å². The van der Waals surface area contributed by atoms with Crippen LogP contribution in [0.2, 0.25) is 0 Å². The minimum Gasteiger partial charge on any atom is -0.462 e. The lowest BCUT2D eigenvalue weighted by Gasteiger charge is -2.13. The molecule has 0 spiro atoms. The van der Waals surface area contributed by atoms with Crippen molar-refractivity contribution in [1.82, 2.24) is 0 Å². The first kappa shape index (κ1) is 16.5. The molecular formula is C18H22N2O. The summed E-state index contributed by atoms with van der Waals surface area (Å²) in [4.78, 5) is 4.10. The van der Waals surface area contributed by atoms with Gasteiger partial charge in [-0.1, -0.05) is 37.9 Å². The van der Waals surface area contributed by atoms with Gasteiger partial charge in [0.05, 0.1) is 5.76 Å². The Balaban J connectivity index is 3.10. The third-order valence-electron chi connectivity index (χ3n) is 2.89. The summed E-state index contributed by atoms with van der Waals surface area (Å²) in [5, 5.41) is 3.22. The fourth-order valence-electron chi connectivity index (χ4n) is 1.69. The number of ether oxygens (including phenoxy) is 1. The fraction of sp³-hybridized carbons (Fsp3) is 0.167. The van der Waals surface area contributed by atoms with E-state index in [9.17, 15) is 0 Å². The second kappa shape index (κ2) is 7.90. The molecule has 3 nitrogen and oxygen atoms in total. The van der Waals surface area contributed by atoms with E-state index in [0.717, 1.165) is 28.4 Å². The molecule has 0 bridgehead atoms. The predicted octanol–water partition coefficient (Wildman–Crippen LogP) is 5.21. The second-order valence-corrected chi connectivity index (χ2v) is 4.45. The van der Waals surface area contributed by atoms with E-state index in [-0.39, 0.29) is 0 Å². The third kappa shape index (κ3) is 4.80. The zero-order chi connectivity index (χ0) is 15.8. The van der Waals surface area contributed by atoms with E-state index in [2.05, 4.69) is 30.0 Å². The van der Waals surface area contributed by atoms with Crippen molar-refractivity contribution in [3.8, 4) is 0 Å². The molecule has 0 atom stereocenters. The van der Waals surface area contributed by atoms with Crippen LogP contribution in [0.3, 0.4) is 0 Å². The molecule has 110 valence electrons. The van der Waals surface area contributed by atoms with Gasteiger partial charge in [0, 0.05) is 17.5 Å². The van der Waals surface area contributed by atoms with Gasteiger partial charge < -0.3 is 10.1 Å². The van der Waals surface area contributed by atoms with Crippen LogP contribution in [0.25, 0.3) is 11.8 Å². The lowest BCUT2D eigenvalue weighted by molar-refractivity contribution is 0.385. The molecule has 0 radical (unpaired) electrons. The first-order valence-corrected chi connectivity index (χ1v) is 6.70. The highest BCUT2D eigenvalue weighted by atomic mass is 16.5. The predicted molar refractivity (Wildman–Crippen MR) is 93.0 cm³/mol. The zero-order valence-electron chi connectivity index (χ0n) is 12.9. The monoisotopic (exact) mass is 282 g/mol. The van der Waals surface area contributed by atoms with Crippen molar-refractivity contribution in [3.63, 3.8) is 0 Å². The maximum absolute atomic E-state index is 5.63. The summed E-state index contributed by atoms with van der Waals surface area (Å²) < 4.78 is 5.63. The van der Waals surface area contributed by atoms with E-state index in [0.29, 0.717) is 5.76 Å². The van der Waals surface area contributed by atoms with Gasteiger partial charge in [-0.25, -0.2) is 4.99 Å². The van der Waals surface area contributed by atoms with Gasteiger partial charge in [0.2, 0.25) is 0 Å². The molecule has 1 aromatic rings. The van der Waals surface area contributed by atoms with Crippen LogP contribution in [0.4, 0.5) is 5.69 Å². The normalized spacial score (nSPS) is 11.8. The number of allylic oxidation sites excluding steroid dienone is 2. The Morgan fingerprint density at radius 2 is 2.00 bits per heavy atom. The fourth-order valence-corrected chi connectivity index (χ4v) is 1.69. The minimum atomic E-state index is 0.600. The Hall–Kier alpha value is -2.55. The third-order valence-corrected chi connectivity index (χ3v) is 2.89. The van der Waals surface area contributed by atoms with E-state index >= 15 is 0 Å². The summed E-state index contributed by atoms with van der Waals surface area (Å²) in [6.07, 6.45) is 5.18. The molecule has 21 heavy (non-hydrogen) atoms. The molecule has 1 N–H and O–H groups in total. The van der Waals surface area contributed by atoms with Gasteiger partial charge in [0.15, 0.2) is 0 Å². The molecule has 0 aliphatic heterocycles. The maximum atomic E-state index is 5.63. The van der Waals surface area contributed by atoms with E-state index in [4.69, 9.17) is 4.74 Å². The number of nitrogens with one attached hydrogen (secondary N) is 1. The Morgan fingerprint density at radius 1 is 1.29 bits per heavy atom. The number of hydrogen-bond donors (Lipinski definition) is 1. The van der Waals surface area contributed by atoms with Crippen LogP contribution in [-0.2, 0) is 4.74 Å². The van der Waals surface area contributed by atoms with Crippen LogP contribution >= 0.6 is 0 Å². The molecule has 0 aliphatic rings. The lowest BCUT2D eigenvalue weighted by atomic mass is 10.1. The standard InChI is InChI=1S/C18H22N2O/c1-7-13(4)21-14(5)17-11-10-16(8-2)18(12-17)20-15(6)19-9-3/h7-12H,2-3,5H2,1,4,6H3,(H,19,20). The number of aliphatic imine (C=N–C) groups is 1.